The van der Waals surface area contributed by atoms with Crippen molar-refractivity contribution in [3.63, 3.8) is 0 Å². The van der Waals surface area contributed by atoms with Crippen LogP contribution in [-0.4, -0.2) is 46.8 Å². The van der Waals surface area contributed by atoms with Crippen LogP contribution in [0.1, 0.15) is 30.5 Å². The number of nitrogens with one attached hydrogen (secondary N) is 2. The molecule has 8 nitrogen and oxygen atoms in total. The zero-order chi connectivity index (χ0) is 23.4. The number of hydrogen-bond acceptors (Lipinski definition) is 4. The number of aliphatic carboxylic acids is 1. The number of benzene rings is 2. The van der Waals surface area contributed by atoms with E-state index in [-0.39, 0.29) is 6.42 Å². The molecule has 0 saturated heterocycles. The van der Waals surface area contributed by atoms with Gasteiger partial charge >= 0.3 is 12.0 Å². The summed E-state index contributed by atoms with van der Waals surface area (Å²) in [4.78, 5) is 49.9. The van der Waals surface area contributed by atoms with Gasteiger partial charge in [-0.3, -0.25) is 14.4 Å². The van der Waals surface area contributed by atoms with Gasteiger partial charge < -0.3 is 20.6 Å². The third-order valence-electron chi connectivity index (χ3n) is 5.27. The van der Waals surface area contributed by atoms with Crippen molar-refractivity contribution < 1.29 is 24.3 Å². The Morgan fingerprint density at radius 2 is 1.75 bits per heavy atom. The smallest absolute Gasteiger partial charge is 0.316 e. The molecule has 166 valence electrons. The summed E-state index contributed by atoms with van der Waals surface area (Å²) in [6.07, 6.45) is 1.04. The molecular formula is C24H25N3O5. The number of nitrogens with zero attached hydrogens (tertiary/aromatic N) is 1. The molecule has 0 aromatic heterocycles. The minimum atomic E-state index is -1.35. The van der Waals surface area contributed by atoms with Crippen LogP contribution in [0, 0.1) is 6.92 Å². The zero-order valence-corrected chi connectivity index (χ0v) is 18.1. The first-order valence-corrected chi connectivity index (χ1v) is 10.1. The first-order valence-electron chi connectivity index (χ1n) is 10.1. The quantitative estimate of drug-likeness (QED) is 0.604. The Hall–Kier alpha value is -3.94. The minimum Gasteiger partial charge on any atom is -0.481 e. The molecule has 0 bridgehead atoms. The highest BCUT2D eigenvalue weighted by Crippen LogP contribution is 2.25. The van der Waals surface area contributed by atoms with Gasteiger partial charge in [-0.25, -0.2) is 4.79 Å². The number of carbonyl (C=O) groups excluding carboxylic acids is 3. The fourth-order valence-electron chi connectivity index (χ4n) is 3.53. The number of carboxylic acids is 1. The molecule has 3 N–H and O–H groups in total. The van der Waals surface area contributed by atoms with Crippen LogP contribution in [0.15, 0.2) is 60.3 Å². The summed E-state index contributed by atoms with van der Waals surface area (Å²) < 4.78 is 0. The van der Waals surface area contributed by atoms with Gasteiger partial charge in [-0.2, -0.15) is 0 Å². The van der Waals surface area contributed by atoms with Crippen molar-refractivity contribution in [3.05, 3.63) is 71.4 Å². The number of urea groups is 1. The number of carboxylic acid groups (broad SMARTS) is 1. The highest BCUT2D eigenvalue weighted by atomic mass is 16.4. The molecule has 1 heterocycles. The second kappa shape index (κ2) is 9.47. The van der Waals surface area contributed by atoms with E-state index in [4.69, 9.17) is 0 Å². The van der Waals surface area contributed by atoms with Crippen LogP contribution < -0.4 is 10.6 Å². The van der Waals surface area contributed by atoms with Gasteiger partial charge in [-0.15, -0.1) is 0 Å². The molecule has 0 spiro atoms. The lowest BCUT2D eigenvalue weighted by molar-refractivity contribution is -0.138. The highest BCUT2D eigenvalue weighted by Gasteiger charge is 2.35. The summed E-state index contributed by atoms with van der Waals surface area (Å²) in [5.41, 5.74) is 3.88. The molecule has 1 aliphatic heterocycles. The SMILES string of the molecule is CC1=CN(C)C(=O)C(NC(=O)NC(CC(=O)O)c2cccc(-c3ccc(C)cc3)c2)C1=O. The molecule has 1 aliphatic rings. The van der Waals surface area contributed by atoms with Crippen LogP contribution >= 0.6 is 0 Å². The molecule has 32 heavy (non-hydrogen) atoms. The number of Topliss-reactive ketones (excluding diaryl/α,β-unsaturated/α-hetero) is 1. The van der Waals surface area contributed by atoms with Gasteiger partial charge in [0.2, 0.25) is 0 Å². The predicted molar refractivity (Wildman–Crippen MR) is 119 cm³/mol. The van der Waals surface area contributed by atoms with Crippen LogP contribution in [0.2, 0.25) is 0 Å². The number of likely N-dealkylation sites (N-methyl/N-ethyl adjacent to an activating group) is 1. The van der Waals surface area contributed by atoms with E-state index in [1.807, 2.05) is 43.3 Å². The second-order valence-corrected chi connectivity index (χ2v) is 7.82. The Balaban J connectivity index is 1.81. The number of hydrogen-bond donors (Lipinski definition) is 3. The van der Waals surface area contributed by atoms with Crippen molar-refractivity contribution >= 4 is 23.7 Å². The van der Waals surface area contributed by atoms with Crippen LogP contribution in [0.25, 0.3) is 11.1 Å². The van der Waals surface area contributed by atoms with Crippen molar-refractivity contribution in [2.24, 2.45) is 0 Å². The van der Waals surface area contributed by atoms with Gasteiger partial charge in [0.05, 0.1) is 12.5 Å². The summed E-state index contributed by atoms with van der Waals surface area (Å²) in [6.45, 7) is 3.55. The van der Waals surface area contributed by atoms with Gasteiger partial charge in [0.15, 0.2) is 11.8 Å². The average molecular weight is 435 g/mol. The third kappa shape index (κ3) is 5.21. The van der Waals surface area contributed by atoms with Crippen molar-refractivity contribution in [1.29, 1.82) is 0 Å². The Labute approximate surface area is 185 Å². The molecule has 0 fully saturated rings. The van der Waals surface area contributed by atoms with E-state index in [0.717, 1.165) is 16.7 Å². The number of rotatable bonds is 6. The summed E-state index contributed by atoms with van der Waals surface area (Å²) >= 11 is 0. The number of ketones is 1. The molecule has 2 atom stereocenters. The molecule has 8 heteroatoms. The first kappa shape index (κ1) is 22.7. The normalized spacial score (nSPS) is 16.9. The fraction of sp³-hybridized carbons (Fsp3) is 0.250. The summed E-state index contributed by atoms with van der Waals surface area (Å²) in [5.74, 6) is -2.16. The van der Waals surface area contributed by atoms with E-state index in [0.29, 0.717) is 11.1 Å². The highest BCUT2D eigenvalue weighted by molar-refractivity contribution is 6.16. The molecule has 3 amide bonds. The zero-order valence-electron chi connectivity index (χ0n) is 18.1. The summed E-state index contributed by atoms with van der Waals surface area (Å²) in [7, 11) is 1.49. The molecule has 2 aromatic rings. The Kier molecular flexibility index (Phi) is 6.73. The van der Waals surface area contributed by atoms with Gasteiger partial charge in [0.25, 0.3) is 5.91 Å². The molecule has 2 unspecified atom stereocenters. The third-order valence-corrected chi connectivity index (χ3v) is 5.27. The Bertz CT molecular complexity index is 1090. The average Bonchev–Trinajstić information content (AvgIpc) is 2.75. The molecule has 0 saturated carbocycles. The standard InChI is InChI=1S/C24H25N3O5/c1-14-7-9-16(10-8-14)17-5-4-6-18(11-17)19(12-20(28)29)25-24(32)26-21-22(30)15(2)13-27(3)23(21)31/h4-11,13,19,21H,12H2,1-3H3,(H,28,29)(H2,25,26,32). The monoisotopic (exact) mass is 435 g/mol. The molecular weight excluding hydrogens is 410 g/mol. The van der Waals surface area contributed by atoms with Gasteiger partial charge in [0.1, 0.15) is 0 Å². The summed E-state index contributed by atoms with van der Waals surface area (Å²) in [5, 5.41) is 14.3. The van der Waals surface area contributed by atoms with Crippen molar-refractivity contribution in [3.8, 4) is 11.1 Å². The van der Waals surface area contributed by atoms with E-state index < -0.39 is 35.8 Å². The lowest BCUT2D eigenvalue weighted by Crippen LogP contribution is -2.56. The van der Waals surface area contributed by atoms with Crippen LogP contribution in [0.5, 0.6) is 0 Å². The van der Waals surface area contributed by atoms with Crippen LogP contribution in [0.4, 0.5) is 4.79 Å². The van der Waals surface area contributed by atoms with E-state index in [1.54, 1.807) is 19.1 Å². The first-order chi connectivity index (χ1) is 15.2. The second-order valence-electron chi connectivity index (χ2n) is 7.82. The number of carbonyl (C=O) groups is 4. The Morgan fingerprint density at radius 3 is 2.41 bits per heavy atom. The fourth-order valence-corrected chi connectivity index (χ4v) is 3.53. The van der Waals surface area contributed by atoms with Crippen LogP contribution in [-0.2, 0) is 14.4 Å². The summed E-state index contributed by atoms with van der Waals surface area (Å²) in [6, 6.07) is 12.1. The minimum absolute atomic E-state index is 0.338. The topological polar surface area (TPSA) is 116 Å². The number of amides is 3. The molecule has 0 radical (unpaired) electrons. The van der Waals surface area contributed by atoms with E-state index in [2.05, 4.69) is 10.6 Å². The predicted octanol–water partition coefficient (Wildman–Crippen LogP) is 2.79. The van der Waals surface area contributed by atoms with Crippen molar-refractivity contribution in [2.75, 3.05) is 7.05 Å². The molecule has 0 aliphatic carbocycles. The molecule has 2 aromatic carbocycles. The molecule has 3 rings (SSSR count). The maximum absolute atomic E-state index is 12.6. The van der Waals surface area contributed by atoms with E-state index in [1.165, 1.54) is 18.1 Å². The van der Waals surface area contributed by atoms with E-state index >= 15 is 0 Å². The van der Waals surface area contributed by atoms with Gasteiger partial charge in [-0.1, -0.05) is 48.0 Å². The lowest BCUT2D eigenvalue weighted by atomic mass is 9.97. The van der Waals surface area contributed by atoms with Crippen LogP contribution in [0.3, 0.4) is 0 Å². The van der Waals surface area contributed by atoms with E-state index in [9.17, 15) is 24.3 Å². The van der Waals surface area contributed by atoms with Crippen molar-refractivity contribution in [1.82, 2.24) is 15.5 Å². The maximum atomic E-state index is 12.6. The lowest BCUT2D eigenvalue weighted by Gasteiger charge is -2.27. The Morgan fingerprint density at radius 1 is 1.06 bits per heavy atom. The maximum Gasteiger partial charge on any atom is 0.316 e. The number of aryl methyl sites for hydroxylation is 1. The largest absolute Gasteiger partial charge is 0.481 e. The van der Waals surface area contributed by atoms with Crippen molar-refractivity contribution in [2.45, 2.75) is 32.4 Å². The van der Waals surface area contributed by atoms with Gasteiger partial charge in [-0.05, 0) is 36.6 Å². The van der Waals surface area contributed by atoms with Gasteiger partial charge in [0, 0.05) is 18.8 Å².